The van der Waals surface area contributed by atoms with Gasteiger partial charge in [0.25, 0.3) is 0 Å². The van der Waals surface area contributed by atoms with Crippen molar-refractivity contribution >= 4 is 10.8 Å². The Bertz CT molecular complexity index is 614. The van der Waals surface area contributed by atoms with Crippen molar-refractivity contribution in [2.24, 2.45) is 11.1 Å². The number of rotatable bonds is 3. The summed E-state index contributed by atoms with van der Waals surface area (Å²) < 4.78 is 5.47. The number of hydrogen-bond acceptors (Lipinski definition) is 2. The lowest BCUT2D eigenvalue weighted by atomic mass is 9.76. The Kier molecular flexibility index (Phi) is 3.43. The van der Waals surface area contributed by atoms with Gasteiger partial charge >= 0.3 is 0 Å². The molecule has 1 aliphatic carbocycles. The Morgan fingerprint density at radius 2 is 1.70 bits per heavy atom. The molecular weight excluding hydrogens is 246 g/mol. The fourth-order valence-electron chi connectivity index (χ4n) is 3.61. The molecule has 0 aromatic heterocycles. The third-order valence-corrected chi connectivity index (χ3v) is 4.97. The van der Waals surface area contributed by atoms with E-state index in [1.165, 1.54) is 36.6 Å². The number of nitrogens with two attached hydrogens (primary N) is 1. The molecule has 1 aliphatic rings. The summed E-state index contributed by atoms with van der Waals surface area (Å²) in [6.07, 6.45) is 5.07. The molecule has 0 amide bonds. The Balaban J connectivity index is 2.12. The summed E-state index contributed by atoms with van der Waals surface area (Å²) in [4.78, 5) is 0. The van der Waals surface area contributed by atoms with Gasteiger partial charge in [-0.1, -0.05) is 50.1 Å². The third-order valence-electron chi connectivity index (χ3n) is 4.97. The molecule has 0 saturated heterocycles. The Morgan fingerprint density at radius 1 is 1.05 bits per heavy atom. The summed E-state index contributed by atoms with van der Waals surface area (Å²) in [6, 6.07) is 12.7. The largest absolute Gasteiger partial charge is 0.496 e. The molecule has 2 aromatic carbocycles. The fourth-order valence-corrected chi connectivity index (χ4v) is 3.61. The first-order valence-corrected chi connectivity index (χ1v) is 7.47. The standard InChI is InChI=1S/C18H23NO/c1-18(11-5-6-12-18)17(19)15-9-10-16(20-2)14-8-4-3-7-13(14)15/h3-4,7-10,17H,5-6,11-12,19H2,1-2H3. The lowest BCUT2D eigenvalue weighted by molar-refractivity contribution is 0.266. The maximum absolute atomic E-state index is 6.65. The molecule has 1 fully saturated rings. The van der Waals surface area contributed by atoms with Gasteiger partial charge in [0, 0.05) is 11.4 Å². The zero-order valence-corrected chi connectivity index (χ0v) is 12.4. The van der Waals surface area contributed by atoms with Gasteiger partial charge in [-0.2, -0.15) is 0 Å². The van der Waals surface area contributed by atoms with Gasteiger partial charge < -0.3 is 10.5 Å². The third kappa shape index (κ3) is 2.08. The van der Waals surface area contributed by atoms with Gasteiger partial charge in [0.1, 0.15) is 5.75 Å². The van der Waals surface area contributed by atoms with E-state index >= 15 is 0 Å². The van der Waals surface area contributed by atoms with E-state index in [2.05, 4.69) is 43.3 Å². The minimum atomic E-state index is 0.0980. The average molecular weight is 269 g/mol. The molecule has 0 radical (unpaired) electrons. The van der Waals surface area contributed by atoms with Gasteiger partial charge in [-0.25, -0.2) is 0 Å². The Hall–Kier alpha value is -1.54. The zero-order chi connectivity index (χ0) is 14.2. The molecule has 20 heavy (non-hydrogen) atoms. The second-order valence-corrected chi connectivity index (χ2v) is 6.24. The maximum Gasteiger partial charge on any atom is 0.126 e. The van der Waals surface area contributed by atoms with Crippen LogP contribution in [0.5, 0.6) is 5.75 Å². The van der Waals surface area contributed by atoms with Gasteiger partial charge in [0.2, 0.25) is 0 Å². The lowest BCUT2D eigenvalue weighted by Gasteiger charge is -2.32. The SMILES string of the molecule is COc1ccc(C(N)C2(C)CCCC2)c2ccccc12. The number of ether oxygens (including phenoxy) is 1. The van der Waals surface area contributed by atoms with Crippen molar-refractivity contribution in [1.29, 1.82) is 0 Å². The Morgan fingerprint density at radius 3 is 2.35 bits per heavy atom. The first-order chi connectivity index (χ1) is 9.65. The zero-order valence-electron chi connectivity index (χ0n) is 12.4. The molecule has 0 aliphatic heterocycles. The molecule has 3 rings (SSSR count). The van der Waals surface area contributed by atoms with Crippen molar-refractivity contribution in [3.63, 3.8) is 0 Å². The van der Waals surface area contributed by atoms with Gasteiger partial charge in [-0.15, -0.1) is 0 Å². The molecule has 2 nitrogen and oxygen atoms in total. The highest BCUT2D eigenvalue weighted by Gasteiger charge is 2.36. The quantitative estimate of drug-likeness (QED) is 0.894. The molecule has 2 aromatic rings. The van der Waals surface area contributed by atoms with E-state index in [4.69, 9.17) is 10.5 Å². The van der Waals surface area contributed by atoms with E-state index in [-0.39, 0.29) is 11.5 Å². The van der Waals surface area contributed by atoms with Crippen LogP contribution < -0.4 is 10.5 Å². The lowest BCUT2D eigenvalue weighted by Crippen LogP contribution is -2.29. The Labute approximate surface area is 120 Å². The van der Waals surface area contributed by atoms with Crippen LogP contribution in [0.3, 0.4) is 0 Å². The topological polar surface area (TPSA) is 35.2 Å². The van der Waals surface area contributed by atoms with E-state index in [1.807, 2.05) is 0 Å². The van der Waals surface area contributed by atoms with E-state index in [1.54, 1.807) is 7.11 Å². The van der Waals surface area contributed by atoms with Crippen LogP contribution in [-0.4, -0.2) is 7.11 Å². The number of fused-ring (bicyclic) bond motifs is 1. The first kappa shape index (κ1) is 13.4. The number of methoxy groups -OCH3 is 1. The number of hydrogen-bond donors (Lipinski definition) is 1. The fraction of sp³-hybridized carbons (Fsp3) is 0.444. The summed E-state index contributed by atoms with van der Waals surface area (Å²) >= 11 is 0. The molecule has 0 bridgehead atoms. The molecule has 2 N–H and O–H groups in total. The summed E-state index contributed by atoms with van der Waals surface area (Å²) in [5, 5.41) is 2.39. The van der Waals surface area contributed by atoms with Crippen LogP contribution in [-0.2, 0) is 0 Å². The van der Waals surface area contributed by atoms with Crippen molar-refractivity contribution in [2.45, 2.75) is 38.6 Å². The summed E-state index contributed by atoms with van der Waals surface area (Å²) in [5.41, 5.74) is 8.14. The molecule has 1 saturated carbocycles. The summed E-state index contributed by atoms with van der Waals surface area (Å²) in [6.45, 7) is 2.34. The monoisotopic (exact) mass is 269 g/mol. The molecule has 2 heteroatoms. The van der Waals surface area contributed by atoms with Crippen molar-refractivity contribution in [3.05, 3.63) is 42.0 Å². The average Bonchev–Trinajstić information content (AvgIpc) is 2.93. The smallest absolute Gasteiger partial charge is 0.126 e. The summed E-state index contributed by atoms with van der Waals surface area (Å²) in [5.74, 6) is 0.924. The second kappa shape index (κ2) is 5.10. The van der Waals surface area contributed by atoms with Crippen LogP contribution in [0, 0.1) is 5.41 Å². The van der Waals surface area contributed by atoms with Crippen LogP contribution in [0.1, 0.15) is 44.2 Å². The molecule has 1 atom stereocenters. The van der Waals surface area contributed by atoms with E-state index < -0.39 is 0 Å². The highest BCUT2D eigenvalue weighted by molar-refractivity contribution is 5.91. The molecule has 0 spiro atoms. The van der Waals surface area contributed by atoms with E-state index in [0.717, 1.165) is 11.1 Å². The minimum absolute atomic E-state index is 0.0980. The van der Waals surface area contributed by atoms with E-state index in [9.17, 15) is 0 Å². The van der Waals surface area contributed by atoms with Crippen LogP contribution >= 0.6 is 0 Å². The van der Waals surface area contributed by atoms with E-state index in [0.29, 0.717) is 0 Å². The first-order valence-electron chi connectivity index (χ1n) is 7.47. The van der Waals surface area contributed by atoms with Crippen LogP contribution in [0.25, 0.3) is 10.8 Å². The van der Waals surface area contributed by atoms with Gasteiger partial charge in [-0.05, 0) is 35.3 Å². The van der Waals surface area contributed by atoms with Crippen molar-refractivity contribution in [3.8, 4) is 5.75 Å². The summed E-state index contributed by atoms with van der Waals surface area (Å²) in [7, 11) is 1.72. The van der Waals surface area contributed by atoms with Gasteiger partial charge in [-0.3, -0.25) is 0 Å². The van der Waals surface area contributed by atoms with Crippen LogP contribution in [0.2, 0.25) is 0 Å². The molecule has 106 valence electrons. The van der Waals surface area contributed by atoms with Crippen molar-refractivity contribution < 1.29 is 4.74 Å². The second-order valence-electron chi connectivity index (χ2n) is 6.24. The van der Waals surface area contributed by atoms with Gasteiger partial charge in [0.15, 0.2) is 0 Å². The normalized spacial score (nSPS) is 19.1. The molecule has 1 unspecified atom stereocenters. The predicted octanol–water partition coefficient (Wildman–Crippen LogP) is 4.43. The minimum Gasteiger partial charge on any atom is -0.496 e. The molecular formula is C18H23NO. The van der Waals surface area contributed by atoms with Crippen LogP contribution in [0.4, 0.5) is 0 Å². The highest BCUT2D eigenvalue weighted by atomic mass is 16.5. The number of benzene rings is 2. The molecule has 0 heterocycles. The highest BCUT2D eigenvalue weighted by Crippen LogP contribution is 2.47. The predicted molar refractivity (Wildman–Crippen MR) is 84.0 cm³/mol. The van der Waals surface area contributed by atoms with Crippen LogP contribution in [0.15, 0.2) is 36.4 Å². The van der Waals surface area contributed by atoms with Gasteiger partial charge in [0.05, 0.1) is 7.11 Å². The van der Waals surface area contributed by atoms with Crippen molar-refractivity contribution in [2.75, 3.05) is 7.11 Å². The van der Waals surface area contributed by atoms with Crippen molar-refractivity contribution in [1.82, 2.24) is 0 Å². The maximum atomic E-state index is 6.65.